The number of nitriles is 1. The van der Waals surface area contributed by atoms with E-state index in [4.69, 9.17) is 26.3 Å². The quantitative estimate of drug-likeness (QED) is 0.567. The zero-order valence-corrected chi connectivity index (χ0v) is 15.2. The van der Waals surface area contributed by atoms with Crippen LogP contribution in [0, 0.1) is 11.3 Å². The fraction of sp³-hybridized carbons (Fsp3) is 0.136. The molecule has 26 heavy (non-hydrogen) atoms. The lowest BCUT2D eigenvalue weighted by atomic mass is 10.0. The van der Waals surface area contributed by atoms with Gasteiger partial charge < -0.3 is 9.47 Å². The van der Waals surface area contributed by atoms with Crippen molar-refractivity contribution in [1.82, 2.24) is 0 Å². The molecular formula is C22H18ClNO2. The first-order chi connectivity index (χ1) is 12.7. The molecule has 0 aliphatic carbocycles. The molecule has 0 N–H and O–H groups in total. The first-order valence-electron chi connectivity index (χ1n) is 8.21. The maximum Gasteiger partial charge on any atom is 0.137 e. The Bertz CT molecular complexity index is 930. The largest absolute Gasteiger partial charge is 0.495 e. The molecule has 0 aliphatic heterocycles. The maximum absolute atomic E-state index is 8.71. The molecule has 0 aliphatic rings. The van der Waals surface area contributed by atoms with Gasteiger partial charge in [-0.15, -0.1) is 0 Å². The normalized spacial score (nSPS) is 10.2. The molecule has 3 rings (SSSR count). The Hall–Kier alpha value is -2.96. The van der Waals surface area contributed by atoms with E-state index in [1.165, 1.54) is 0 Å². The number of ether oxygens (including phenoxy) is 2. The summed E-state index contributed by atoms with van der Waals surface area (Å²) in [4.78, 5) is 0. The highest BCUT2D eigenvalue weighted by Crippen LogP contribution is 2.30. The summed E-state index contributed by atoms with van der Waals surface area (Å²) in [5.74, 6) is 1.44. The van der Waals surface area contributed by atoms with Gasteiger partial charge in [0.2, 0.25) is 0 Å². The number of hydrogen-bond acceptors (Lipinski definition) is 3. The molecule has 0 atom stereocenters. The van der Waals surface area contributed by atoms with Gasteiger partial charge in [-0.25, -0.2) is 0 Å². The van der Waals surface area contributed by atoms with Crippen LogP contribution in [0.2, 0.25) is 5.02 Å². The van der Waals surface area contributed by atoms with Gasteiger partial charge in [-0.3, -0.25) is 0 Å². The van der Waals surface area contributed by atoms with Crippen LogP contribution >= 0.6 is 11.6 Å². The molecule has 0 spiro atoms. The number of hydrogen-bond donors (Lipinski definition) is 0. The van der Waals surface area contributed by atoms with Crippen LogP contribution in [0.5, 0.6) is 11.5 Å². The lowest BCUT2D eigenvalue weighted by molar-refractivity contribution is 0.306. The Morgan fingerprint density at radius 2 is 1.69 bits per heavy atom. The topological polar surface area (TPSA) is 42.2 Å². The van der Waals surface area contributed by atoms with E-state index in [-0.39, 0.29) is 0 Å². The standard InChI is InChI=1S/C22H18ClNO2/c1-25-22-10-7-19(14-21(22)23)18-4-2-3-17(13-18)15-26-20-8-5-16(6-9-20)11-12-24/h2-10,13-14H,11,15H2,1H3. The van der Waals surface area contributed by atoms with Crippen molar-refractivity contribution in [3.63, 3.8) is 0 Å². The van der Waals surface area contributed by atoms with Crippen LogP contribution in [0.25, 0.3) is 11.1 Å². The van der Waals surface area contributed by atoms with E-state index in [9.17, 15) is 0 Å². The number of halogens is 1. The first kappa shape index (κ1) is 17.8. The van der Waals surface area contributed by atoms with Crippen molar-refractivity contribution in [2.75, 3.05) is 7.11 Å². The van der Waals surface area contributed by atoms with E-state index in [1.807, 2.05) is 60.7 Å². The van der Waals surface area contributed by atoms with Crippen molar-refractivity contribution >= 4 is 11.6 Å². The van der Waals surface area contributed by atoms with Gasteiger partial charge in [0, 0.05) is 0 Å². The third-order valence-electron chi connectivity index (χ3n) is 4.02. The van der Waals surface area contributed by atoms with Crippen LogP contribution in [0.15, 0.2) is 66.7 Å². The predicted octanol–water partition coefficient (Wildman–Crippen LogP) is 5.66. The minimum absolute atomic E-state index is 0.409. The van der Waals surface area contributed by atoms with Gasteiger partial charge in [0.1, 0.15) is 18.1 Å². The molecule has 0 fully saturated rings. The molecule has 0 amide bonds. The molecule has 0 saturated carbocycles. The fourth-order valence-electron chi connectivity index (χ4n) is 2.65. The molecule has 0 bridgehead atoms. The van der Waals surface area contributed by atoms with Gasteiger partial charge in [0.25, 0.3) is 0 Å². The van der Waals surface area contributed by atoms with Crippen molar-refractivity contribution in [3.05, 3.63) is 82.9 Å². The summed E-state index contributed by atoms with van der Waals surface area (Å²) in [6.45, 7) is 0.468. The molecule has 130 valence electrons. The van der Waals surface area contributed by atoms with Crippen LogP contribution in [0.4, 0.5) is 0 Å². The molecule has 3 aromatic rings. The second-order valence-electron chi connectivity index (χ2n) is 5.82. The van der Waals surface area contributed by atoms with Crippen molar-refractivity contribution < 1.29 is 9.47 Å². The highest BCUT2D eigenvalue weighted by molar-refractivity contribution is 6.32. The summed E-state index contributed by atoms with van der Waals surface area (Å²) in [5, 5.41) is 9.30. The van der Waals surface area contributed by atoms with Crippen LogP contribution in [-0.4, -0.2) is 7.11 Å². The minimum atomic E-state index is 0.409. The zero-order valence-electron chi connectivity index (χ0n) is 14.4. The number of methoxy groups -OCH3 is 1. The van der Waals surface area contributed by atoms with Crippen LogP contribution < -0.4 is 9.47 Å². The van der Waals surface area contributed by atoms with Crippen molar-refractivity contribution in [2.45, 2.75) is 13.0 Å². The molecular weight excluding hydrogens is 346 g/mol. The summed E-state index contributed by atoms with van der Waals surface area (Å²) in [6.07, 6.45) is 0.409. The van der Waals surface area contributed by atoms with E-state index in [0.717, 1.165) is 28.0 Å². The molecule has 4 heteroatoms. The van der Waals surface area contributed by atoms with Gasteiger partial charge in [-0.1, -0.05) is 48.0 Å². The molecule has 0 heterocycles. The van der Waals surface area contributed by atoms with Gasteiger partial charge in [-0.05, 0) is 52.6 Å². The molecule has 0 radical (unpaired) electrons. The summed E-state index contributed by atoms with van der Waals surface area (Å²) >= 11 is 6.23. The molecule has 0 saturated heterocycles. The van der Waals surface area contributed by atoms with Gasteiger partial charge in [-0.2, -0.15) is 5.26 Å². The molecule has 0 unspecified atom stereocenters. The van der Waals surface area contributed by atoms with Crippen LogP contribution in [0.3, 0.4) is 0 Å². The Morgan fingerprint density at radius 3 is 2.38 bits per heavy atom. The van der Waals surface area contributed by atoms with E-state index >= 15 is 0 Å². The van der Waals surface area contributed by atoms with E-state index in [0.29, 0.717) is 23.8 Å². The Balaban J connectivity index is 1.71. The van der Waals surface area contributed by atoms with Gasteiger partial charge >= 0.3 is 0 Å². The highest BCUT2D eigenvalue weighted by Gasteiger charge is 2.05. The predicted molar refractivity (Wildman–Crippen MR) is 104 cm³/mol. The SMILES string of the molecule is COc1ccc(-c2cccc(COc3ccc(CC#N)cc3)c2)cc1Cl. The zero-order chi connectivity index (χ0) is 18.4. The van der Waals surface area contributed by atoms with E-state index in [1.54, 1.807) is 7.11 Å². The van der Waals surface area contributed by atoms with Crippen LogP contribution in [0.1, 0.15) is 11.1 Å². The summed E-state index contributed by atoms with van der Waals surface area (Å²) < 4.78 is 11.0. The fourth-order valence-corrected chi connectivity index (χ4v) is 2.91. The third kappa shape index (κ3) is 4.36. The second-order valence-corrected chi connectivity index (χ2v) is 6.22. The van der Waals surface area contributed by atoms with E-state index in [2.05, 4.69) is 12.1 Å². The maximum atomic E-state index is 8.71. The Labute approximate surface area is 158 Å². The summed E-state index contributed by atoms with van der Waals surface area (Å²) in [5.41, 5.74) is 4.15. The number of rotatable bonds is 6. The van der Waals surface area contributed by atoms with Gasteiger partial charge in [0.15, 0.2) is 0 Å². The smallest absolute Gasteiger partial charge is 0.137 e. The number of nitrogens with zero attached hydrogens (tertiary/aromatic N) is 1. The average Bonchev–Trinajstić information content (AvgIpc) is 2.68. The average molecular weight is 364 g/mol. The third-order valence-corrected chi connectivity index (χ3v) is 4.32. The second kappa shape index (κ2) is 8.42. The molecule has 0 aromatic heterocycles. The van der Waals surface area contributed by atoms with Crippen molar-refractivity contribution in [2.24, 2.45) is 0 Å². The van der Waals surface area contributed by atoms with E-state index < -0.39 is 0 Å². The van der Waals surface area contributed by atoms with Crippen molar-refractivity contribution in [1.29, 1.82) is 5.26 Å². The summed E-state index contributed by atoms with van der Waals surface area (Å²) in [6, 6.07) is 23.6. The lowest BCUT2D eigenvalue weighted by Crippen LogP contribution is -1.96. The number of benzene rings is 3. The van der Waals surface area contributed by atoms with Crippen molar-refractivity contribution in [3.8, 4) is 28.7 Å². The monoisotopic (exact) mass is 363 g/mol. The van der Waals surface area contributed by atoms with Crippen LogP contribution in [-0.2, 0) is 13.0 Å². The lowest BCUT2D eigenvalue weighted by Gasteiger charge is -2.10. The highest BCUT2D eigenvalue weighted by atomic mass is 35.5. The Morgan fingerprint density at radius 1 is 0.923 bits per heavy atom. The minimum Gasteiger partial charge on any atom is -0.495 e. The summed E-state index contributed by atoms with van der Waals surface area (Å²) in [7, 11) is 1.60. The molecule has 3 aromatic carbocycles. The molecule has 3 nitrogen and oxygen atoms in total. The Kier molecular flexibility index (Phi) is 5.78. The first-order valence-corrected chi connectivity index (χ1v) is 8.59. The van der Waals surface area contributed by atoms with Gasteiger partial charge in [0.05, 0.1) is 24.6 Å².